The van der Waals surface area contributed by atoms with Crippen LogP contribution in [-0.2, 0) is 0 Å². The van der Waals surface area contributed by atoms with Gasteiger partial charge in [0.05, 0.1) is 11.2 Å². The summed E-state index contributed by atoms with van der Waals surface area (Å²) in [6, 6.07) is 14.7. The number of halogens is 1. The largest absolute Gasteiger partial charge is 0.306 e. The van der Waals surface area contributed by atoms with E-state index in [0.29, 0.717) is 21.5 Å². The average molecular weight is 316 g/mol. The van der Waals surface area contributed by atoms with Crippen molar-refractivity contribution in [2.75, 3.05) is 5.32 Å². The molecule has 1 amide bonds. The molecule has 3 aromatic rings. The van der Waals surface area contributed by atoms with Crippen molar-refractivity contribution in [2.24, 2.45) is 0 Å². The van der Waals surface area contributed by atoms with Gasteiger partial charge in [0.15, 0.2) is 0 Å². The Morgan fingerprint density at radius 2 is 1.90 bits per heavy atom. The molecule has 3 rings (SSSR count). The van der Waals surface area contributed by atoms with E-state index in [4.69, 9.17) is 11.6 Å². The minimum Gasteiger partial charge on any atom is -0.306 e. The number of thiazole rings is 1. The molecule has 0 saturated heterocycles. The average Bonchev–Trinajstić information content (AvgIpc) is 2.98. The second-order valence-corrected chi connectivity index (χ2v) is 5.44. The van der Waals surface area contributed by atoms with Crippen LogP contribution in [0.1, 0.15) is 9.67 Å². The topological polar surface area (TPSA) is 54.9 Å². The van der Waals surface area contributed by atoms with E-state index in [-0.39, 0.29) is 5.91 Å². The highest BCUT2D eigenvalue weighted by Crippen LogP contribution is 2.26. The Bertz CT molecular complexity index is 773. The van der Waals surface area contributed by atoms with Crippen LogP contribution < -0.4 is 5.32 Å². The van der Waals surface area contributed by atoms with Crippen molar-refractivity contribution in [1.29, 1.82) is 0 Å². The molecule has 104 valence electrons. The van der Waals surface area contributed by atoms with Crippen LogP contribution in [0.15, 0.2) is 54.0 Å². The fourth-order valence-electron chi connectivity index (χ4n) is 1.86. The van der Waals surface area contributed by atoms with Gasteiger partial charge < -0.3 is 5.32 Å². The molecule has 0 fully saturated rings. The molecule has 1 N–H and O–H groups in total. The van der Waals surface area contributed by atoms with Gasteiger partial charge in [-0.1, -0.05) is 48.0 Å². The van der Waals surface area contributed by atoms with E-state index in [9.17, 15) is 4.79 Å². The molecule has 4 nitrogen and oxygen atoms in total. The zero-order valence-electron chi connectivity index (χ0n) is 10.8. The van der Waals surface area contributed by atoms with E-state index in [1.54, 1.807) is 23.7 Å². The Morgan fingerprint density at radius 3 is 2.67 bits per heavy atom. The van der Waals surface area contributed by atoms with Crippen molar-refractivity contribution in [2.45, 2.75) is 0 Å². The normalized spacial score (nSPS) is 10.3. The molecule has 6 heteroatoms. The maximum Gasteiger partial charge on any atom is 0.269 e. The number of carbonyl (C=O) groups is 1. The molecule has 0 saturated carbocycles. The fourth-order valence-corrected chi connectivity index (χ4v) is 2.73. The smallest absolute Gasteiger partial charge is 0.269 e. The van der Waals surface area contributed by atoms with Crippen LogP contribution >= 0.6 is 22.9 Å². The number of nitrogens with one attached hydrogen (secondary N) is 1. The van der Waals surface area contributed by atoms with Crippen LogP contribution in [0.5, 0.6) is 0 Å². The first-order valence-corrected chi connectivity index (χ1v) is 7.42. The van der Waals surface area contributed by atoms with Gasteiger partial charge in [0.25, 0.3) is 5.91 Å². The van der Waals surface area contributed by atoms with Gasteiger partial charge in [0, 0.05) is 5.56 Å². The molecule has 0 bridgehead atoms. The maximum absolute atomic E-state index is 12.4. The number of anilines is 1. The molecule has 0 aliphatic heterocycles. The number of nitrogens with zero attached hydrogens (tertiary/aromatic N) is 2. The molecule has 0 aliphatic carbocycles. The summed E-state index contributed by atoms with van der Waals surface area (Å²) >= 11 is 7.10. The summed E-state index contributed by atoms with van der Waals surface area (Å²) in [4.78, 5) is 21.2. The molecule has 0 spiro atoms. The molecule has 0 atom stereocenters. The second-order valence-electron chi connectivity index (χ2n) is 4.20. The number of rotatable bonds is 3. The van der Waals surface area contributed by atoms with Crippen LogP contribution in [0.4, 0.5) is 5.82 Å². The third kappa shape index (κ3) is 3.09. The lowest BCUT2D eigenvalue weighted by Crippen LogP contribution is -2.12. The van der Waals surface area contributed by atoms with E-state index in [2.05, 4.69) is 15.3 Å². The monoisotopic (exact) mass is 315 g/mol. The van der Waals surface area contributed by atoms with Gasteiger partial charge >= 0.3 is 0 Å². The van der Waals surface area contributed by atoms with Crippen molar-refractivity contribution in [3.05, 3.63) is 64.1 Å². The van der Waals surface area contributed by atoms with Crippen molar-refractivity contribution in [3.63, 3.8) is 0 Å². The first-order valence-electron chi connectivity index (χ1n) is 6.17. The summed E-state index contributed by atoms with van der Waals surface area (Å²) in [6.45, 7) is 0. The van der Waals surface area contributed by atoms with Crippen molar-refractivity contribution >= 4 is 34.7 Å². The van der Waals surface area contributed by atoms with Crippen LogP contribution in [0.3, 0.4) is 0 Å². The summed E-state index contributed by atoms with van der Waals surface area (Å²) < 4.78 is 0. The van der Waals surface area contributed by atoms with Gasteiger partial charge in [0.2, 0.25) is 0 Å². The third-order valence-electron chi connectivity index (χ3n) is 2.78. The van der Waals surface area contributed by atoms with Crippen LogP contribution in [-0.4, -0.2) is 15.9 Å². The molecule has 2 aromatic heterocycles. The molecule has 0 radical (unpaired) electrons. The fraction of sp³-hybridized carbons (Fsp3) is 0. The van der Waals surface area contributed by atoms with Gasteiger partial charge in [-0.25, -0.2) is 9.97 Å². The highest BCUT2D eigenvalue weighted by molar-refractivity contribution is 7.12. The second kappa shape index (κ2) is 6.03. The van der Waals surface area contributed by atoms with Crippen LogP contribution in [0.2, 0.25) is 5.15 Å². The minimum atomic E-state index is -0.244. The number of pyridine rings is 1. The summed E-state index contributed by atoms with van der Waals surface area (Å²) in [5, 5.41) is 3.06. The van der Waals surface area contributed by atoms with Gasteiger partial charge in [-0.2, -0.15) is 0 Å². The Morgan fingerprint density at radius 1 is 1.10 bits per heavy atom. The first kappa shape index (κ1) is 13.7. The maximum atomic E-state index is 12.4. The lowest BCUT2D eigenvalue weighted by Gasteiger charge is -2.05. The zero-order chi connectivity index (χ0) is 14.7. The number of carbonyl (C=O) groups excluding carboxylic acids is 1. The predicted molar refractivity (Wildman–Crippen MR) is 84.8 cm³/mol. The molecular formula is C15H10ClN3OS. The third-order valence-corrected chi connectivity index (χ3v) is 3.81. The quantitative estimate of drug-likeness (QED) is 0.740. The zero-order valence-corrected chi connectivity index (χ0v) is 12.4. The highest BCUT2D eigenvalue weighted by Gasteiger charge is 2.16. The Kier molecular flexibility index (Phi) is 3.94. The molecule has 21 heavy (non-hydrogen) atoms. The lowest BCUT2D eigenvalue weighted by molar-refractivity contribution is 0.103. The van der Waals surface area contributed by atoms with Gasteiger partial charge in [-0.05, 0) is 12.1 Å². The van der Waals surface area contributed by atoms with Crippen molar-refractivity contribution in [3.8, 4) is 11.3 Å². The Hall–Kier alpha value is -2.24. The van der Waals surface area contributed by atoms with Crippen molar-refractivity contribution < 1.29 is 4.79 Å². The summed E-state index contributed by atoms with van der Waals surface area (Å²) in [6.07, 6.45) is 0. The van der Waals surface area contributed by atoms with Gasteiger partial charge in [-0.15, -0.1) is 11.3 Å². The lowest BCUT2D eigenvalue weighted by atomic mass is 10.1. The van der Waals surface area contributed by atoms with E-state index in [1.807, 2.05) is 30.3 Å². The first-order chi connectivity index (χ1) is 10.2. The summed E-state index contributed by atoms with van der Waals surface area (Å²) in [7, 11) is 0. The van der Waals surface area contributed by atoms with Crippen LogP contribution in [0, 0.1) is 0 Å². The Labute approximate surface area is 130 Å². The number of aromatic nitrogens is 2. The van der Waals surface area contributed by atoms with E-state index < -0.39 is 0 Å². The molecule has 2 heterocycles. The molecule has 0 unspecified atom stereocenters. The number of hydrogen-bond acceptors (Lipinski definition) is 4. The molecule has 0 aliphatic rings. The van der Waals surface area contributed by atoms with E-state index >= 15 is 0 Å². The summed E-state index contributed by atoms with van der Waals surface area (Å²) in [5.41, 5.74) is 3.23. The molecule has 1 aromatic carbocycles. The van der Waals surface area contributed by atoms with Gasteiger partial charge in [0.1, 0.15) is 15.8 Å². The van der Waals surface area contributed by atoms with Crippen molar-refractivity contribution in [1.82, 2.24) is 9.97 Å². The highest BCUT2D eigenvalue weighted by atomic mass is 35.5. The molecular weight excluding hydrogens is 306 g/mol. The SMILES string of the molecule is O=C(Nc1cccc(Cl)n1)c1scnc1-c1ccccc1. The number of hydrogen-bond donors (Lipinski definition) is 1. The summed E-state index contributed by atoms with van der Waals surface area (Å²) in [5.74, 6) is 0.172. The van der Waals surface area contributed by atoms with Gasteiger partial charge in [-0.3, -0.25) is 4.79 Å². The number of amides is 1. The predicted octanol–water partition coefficient (Wildman–Crippen LogP) is 4.11. The minimum absolute atomic E-state index is 0.244. The standard InChI is InChI=1S/C15H10ClN3OS/c16-11-7-4-8-12(18-11)19-15(20)14-13(17-9-21-14)10-5-2-1-3-6-10/h1-9H,(H,18,19,20). The van der Waals surface area contributed by atoms with E-state index in [1.165, 1.54) is 11.3 Å². The Balaban J connectivity index is 1.88. The van der Waals surface area contributed by atoms with Crippen LogP contribution in [0.25, 0.3) is 11.3 Å². The number of benzene rings is 1. The van der Waals surface area contributed by atoms with E-state index in [0.717, 1.165) is 5.56 Å².